The molecular formula is C11H16N2O4S. The van der Waals surface area contributed by atoms with Crippen molar-refractivity contribution >= 4 is 21.6 Å². The molecule has 1 rings (SSSR count). The molecule has 7 heteroatoms. The number of benzene rings is 1. The molecule has 0 aromatic heterocycles. The molecule has 18 heavy (non-hydrogen) atoms. The Morgan fingerprint density at radius 3 is 2.67 bits per heavy atom. The van der Waals surface area contributed by atoms with Gasteiger partial charge in [-0.05, 0) is 31.5 Å². The minimum Gasteiger partial charge on any atom is -0.372 e. The van der Waals surface area contributed by atoms with Crippen LogP contribution in [0.2, 0.25) is 0 Å². The minimum absolute atomic E-state index is 0.00305. The highest BCUT2D eigenvalue weighted by molar-refractivity contribution is 7.89. The lowest BCUT2D eigenvalue weighted by atomic mass is 10.2. The Morgan fingerprint density at radius 1 is 1.44 bits per heavy atom. The van der Waals surface area contributed by atoms with Gasteiger partial charge < -0.3 is 10.1 Å². The summed E-state index contributed by atoms with van der Waals surface area (Å²) >= 11 is 0. The molecule has 0 fully saturated rings. The second-order valence-corrected chi connectivity index (χ2v) is 5.19. The van der Waals surface area contributed by atoms with E-state index in [0.29, 0.717) is 17.9 Å². The summed E-state index contributed by atoms with van der Waals surface area (Å²) in [5, 5.41) is 7.65. The maximum absolute atomic E-state index is 11.5. The second-order valence-electron chi connectivity index (χ2n) is 3.66. The van der Waals surface area contributed by atoms with E-state index in [2.05, 4.69) is 5.32 Å². The number of anilines is 1. The van der Waals surface area contributed by atoms with Gasteiger partial charge in [-0.2, -0.15) is 0 Å². The highest BCUT2D eigenvalue weighted by Gasteiger charge is 2.14. The number of sulfonamides is 1. The quantitative estimate of drug-likeness (QED) is 0.820. The Hall–Kier alpha value is -1.44. The summed E-state index contributed by atoms with van der Waals surface area (Å²) in [7, 11) is -3.79. The van der Waals surface area contributed by atoms with Gasteiger partial charge in [-0.1, -0.05) is 6.07 Å². The fraction of sp³-hybridized carbons (Fsp3) is 0.364. The first kappa shape index (κ1) is 14.6. The molecule has 1 amide bonds. The van der Waals surface area contributed by atoms with E-state index in [1.54, 1.807) is 19.9 Å². The van der Waals surface area contributed by atoms with Crippen LogP contribution in [0.15, 0.2) is 23.1 Å². The number of ether oxygens (including phenoxy) is 1. The van der Waals surface area contributed by atoms with Gasteiger partial charge in [0.05, 0.1) is 4.90 Å². The zero-order chi connectivity index (χ0) is 13.8. The standard InChI is InChI=1S/C11H16N2O4S/c1-3-17-7-11(14)13-9-5-4-6-10(8(9)2)18(12,15)16/h4-6H,3,7H2,1-2H3,(H,13,14)(H2,12,15,16). The van der Waals surface area contributed by atoms with Crippen LogP contribution in [0.5, 0.6) is 0 Å². The van der Waals surface area contributed by atoms with Gasteiger partial charge in [0.15, 0.2) is 0 Å². The van der Waals surface area contributed by atoms with Gasteiger partial charge >= 0.3 is 0 Å². The number of carbonyl (C=O) groups excluding carboxylic acids is 1. The number of nitrogens with two attached hydrogens (primary N) is 1. The van der Waals surface area contributed by atoms with Gasteiger partial charge in [-0.15, -0.1) is 0 Å². The molecule has 1 aromatic carbocycles. The smallest absolute Gasteiger partial charge is 0.250 e. The van der Waals surface area contributed by atoms with Crippen LogP contribution in [0.4, 0.5) is 5.69 Å². The number of hydrogen-bond acceptors (Lipinski definition) is 4. The maximum atomic E-state index is 11.5. The lowest BCUT2D eigenvalue weighted by Crippen LogP contribution is -2.20. The van der Waals surface area contributed by atoms with Gasteiger partial charge in [0, 0.05) is 12.3 Å². The first-order valence-electron chi connectivity index (χ1n) is 5.36. The van der Waals surface area contributed by atoms with Gasteiger partial charge in [0.25, 0.3) is 0 Å². The fourth-order valence-electron chi connectivity index (χ4n) is 1.44. The number of primary sulfonamides is 1. The monoisotopic (exact) mass is 272 g/mol. The molecule has 0 radical (unpaired) electrons. The van der Waals surface area contributed by atoms with E-state index in [0.717, 1.165) is 0 Å². The molecule has 100 valence electrons. The zero-order valence-corrected chi connectivity index (χ0v) is 11.1. The van der Waals surface area contributed by atoms with Crippen LogP contribution in [0.1, 0.15) is 12.5 Å². The Morgan fingerprint density at radius 2 is 2.11 bits per heavy atom. The topological polar surface area (TPSA) is 98.5 Å². The van der Waals surface area contributed by atoms with Gasteiger partial charge in [0.2, 0.25) is 15.9 Å². The van der Waals surface area contributed by atoms with Crippen molar-refractivity contribution in [2.24, 2.45) is 5.14 Å². The molecule has 0 bridgehead atoms. The zero-order valence-electron chi connectivity index (χ0n) is 10.3. The molecule has 0 aliphatic rings. The molecule has 0 heterocycles. The van der Waals surface area contributed by atoms with E-state index in [1.807, 2.05) is 0 Å². The Bertz CT molecular complexity index is 540. The van der Waals surface area contributed by atoms with Crippen LogP contribution in [-0.2, 0) is 19.6 Å². The number of rotatable bonds is 5. The van der Waals surface area contributed by atoms with E-state index in [1.165, 1.54) is 12.1 Å². The summed E-state index contributed by atoms with van der Waals surface area (Å²) in [5.41, 5.74) is 0.816. The molecule has 1 aromatic rings. The predicted molar refractivity (Wildman–Crippen MR) is 67.7 cm³/mol. The summed E-state index contributed by atoms with van der Waals surface area (Å²) in [4.78, 5) is 11.5. The van der Waals surface area contributed by atoms with Crippen LogP contribution in [0.25, 0.3) is 0 Å². The number of hydrogen-bond donors (Lipinski definition) is 2. The van der Waals surface area contributed by atoms with Crippen molar-refractivity contribution in [3.63, 3.8) is 0 Å². The van der Waals surface area contributed by atoms with E-state index in [-0.39, 0.29) is 17.4 Å². The average molecular weight is 272 g/mol. The second kappa shape index (κ2) is 5.94. The summed E-state index contributed by atoms with van der Waals surface area (Å²) in [6, 6.07) is 4.51. The fourth-order valence-corrected chi connectivity index (χ4v) is 2.24. The van der Waals surface area contributed by atoms with Crippen molar-refractivity contribution in [3.8, 4) is 0 Å². The molecule has 3 N–H and O–H groups in total. The highest BCUT2D eigenvalue weighted by atomic mass is 32.2. The van der Waals surface area contributed by atoms with E-state index in [4.69, 9.17) is 9.88 Å². The Kier molecular flexibility index (Phi) is 4.83. The number of nitrogens with one attached hydrogen (secondary N) is 1. The van der Waals surface area contributed by atoms with Crippen molar-refractivity contribution in [2.75, 3.05) is 18.5 Å². The van der Waals surface area contributed by atoms with Crippen LogP contribution in [-0.4, -0.2) is 27.5 Å². The molecule has 0 unspecified atom stereocenters. The summed E-state index contributed by atoms with van der Waals surface area (Å²) in [5.74, 6) is -0.341. The minimum atomic E-state index is -3.79. The Balaban J connectivity index is 2.95. The van der Waals surface area contributed by atoms with Crippen LogP contribution >= 0.6 is 0 Å². The van der Waals surface area contributed by atoms with Crippen molar-refractivity contribution < 1.29 is 17.9 Å². The number of carbonyl (C=O) groups is 1. The van der Waals surface area contributed by atoms with E-state index < -0.39 is 10.0 Å². The first-order valence-corrected chi connectivity index (χ1v) is 6.91. The normalized spacial score (nSPS) is 11.3. The van der Waals surface area contributed by atoms with Crippen LogP contribution in [0, 0.1) is 6.92 Å². The summed E-state index contributed by atoms with van der Waals surface area (Å²) < 4.78 is 27.6. The van der Waals surface area contributed by atoms with E-state index >= 15 is 0 Å². The first-order chi connectivity index (χ1) is 8.36. The highest BCUT2D eigenvalue weighted by Crippen LogP contribution is 2.21. The van der Waals surface area contributed by atoms with Gasteiger partial charge in [-0.3, -0.25) is 4.79 Å². The lowest BCUT2D eigenvalue weighted by Gasteiger charge is -2.11. The van der Waals surface area contributed by atoms with Crippen molar-refractivity contribution in [1.29, 1.82) is 0 Å². The third-order valence-corrected chi connectivity index (χ3v) is 3.36. The van der Waals surface area contributed by atoms with Crippen molar-refractivity contribution in [2.45, 2.75) is 18.7 Å². The van der Waals surface area contributed by atoms with E-state index in [9.17, 15) is 13.2 Å². The average Bonchev–Trinajstić information content (AvgIpc) is 2.27. The number of amides is 1. The molecule has 0 saturated heterocycles. The third kappa shape index (κ3) is 3.80. The third-order valence-electron chi connectivity index (χ3n) is 2.30. The van der Waals surface area contributed by atoms with Crippen LogP contribution < -0.4 is 10.5 Å². The van der Waals surface area contributed by atoms with Crippen molar-refractivity contribution in [1.82, 2.24) is 0 Å². The summed E-state index contributed by atoms with van der Waals surface area (Å²) in [6.45, 7) is 3.72. The molecule has 0 spiro atoms. The molecule has 0 saturated carbocycles. The van der Waals surface area contributed by atoms with Crippen LogP contribution in [0.3, 0.4) is 0 Å². The predicted octanol–water partition coefficient (Wildman–Crippen LogP) is 0.617. The molecule has 6 nitrogen and oxygen atoms in total. The largest absolute Gasteiger partial charge is 0.372 e. The molecule has 0 aliphatic carbocycles. The SMILES string of the molecule is CCOCC(=O)Nc1cccc(S(N)(=O)=O)c1C. The van der Waals surface area contributed by atoms with Crippen molar-refractivity contribution in [3.05, 3.63) is 23.8 Å². The Labute approximate surface area is 106 Å². The summed E-state index contributed by atoms with van der Waals surface area (Å²) in [6.07, 6.45) is 0. The maximum Gasteiger partial charge on any atom is 0.250 e. The molecule has 0 atom stereocenters. The van der Waals surface area contributed by atoms with Gasteiger partial charge in [-0.25, -0.2) is 13.6 Å². The molecule has 0 aliphatic heterocycles. The lowest BCUT2D eigenvalue weighted by molar-refractivity contribution is -0.120. The molecular weight excluding hydrogens is 256 g/mol. The van der Waals surface area contributed by atoms with Gasteiger partial charge in [0.1, 0.15) is 6.61 Å².